The van der Waals surface area contributed by atoms with Crippen LogP contribution in [0.2, 0.25) is 0 Å². The number of halogens is 3. The van der Waals surface area contributed by atoms with Crippen LogP contribution in [0.4, 0.5) is 24.7 Å². The van der Waals surface area contributed by atoms with E-state index < -0.39 is 23.4 Å². The minimum atomic E-state index is -4.78. The first kappa shape index (κ1) is 17.6. The van der Waals surface area contributed by atoms with Crippen molar-refractivity contribution < 1.29 is 23.0 Å². The lowest BCUT2D eigenvalue weighted by molar-refractivity contribution is -0.138. The summed E-state index contributed by atoms with van der Waals surface area (Å²) in [5, 5.41) is 18.9. The maximum atomic E-state index is 13.3. The maximum absolute atomic E-state index is 13.3. The third kappa shape index (κ3) is 3.28. The van der Waals surface area contributed by atoms with Gasteiger partial charge < -0.3 is 9.84 Å². The summed E-state index contributed by atoms with van der Waals surface area (Å²) < 4.78 is 44.7. The lowest BCUT2D eigenvalue weighted by Crippen LogP contribution is -2.11. The Balaban J connectivity index is 2.12. The lowest BCUT2D eigenvalue weighted by Gasteiger charge is -2.12. The molecule has 6 nitrogen and oxygen atoms in total. The number of methoxy groups -OCH3 is 1. The Morgan fingerprint density at radius 2 is 1.77 bits per heavy atom. The number of phenols is 1. The molecule has 0 aliphatic carbocycles. The van der Waals surface area contributed by atoms with Crippen molar-refractivity contribution in [3.05, 3.63) is 47.8 Å². The summed E-state index contributed by atoms with van der Waals surface area (Å²) in [7, 11) is 1.08. The number of rotatable bonds is 3. The van der Waals surface area contributed by atoms with Crippen molar-refractivity contribution in [3.8, 4) is 11.6 Å². The normalized spacial score (nSPS) is 12.0. The molecule has 0 aliphatic rings. The number of fused-ring (bicyclic) bond motifs is 1. The molecule has 0 atom stereocenters. The molecule has 3 aromatic rings. The fourth-order valence-electron chi connectivity index (χ4n) is 2.43. The van der Waals surface area contributed by atoms with E-state index in [1.807, 2.05) is 0 Å². The van der Waals surface area contributed by atoms with Gasteiger partial charge in [-0.1, -0.05) is 30.3 Å². The van der Waals surface area contributed by atoms with Crippen LogP contribution in [-0.4, -0.2) is 22.2 Å². The number of aryl methyl sites for hydroxylation is 1. The number of hydrogen-bond donors (Lipinski definition) is 1. The number of alkyl halides is 3. The number of aromatic nitrogens is 2. The van der Waals surface area contributed by atoms with E-state index in [0.717, 1.165) is 12.5 Å². The van der Waals surface area contributed by atoms with Crippen molar-refractivity contribution >= 4 is 22.3 Å². The van der Waals surface area contributed by atoms with Gasteiger partial charge in [-0.25, -0.2) is 4.98 Å². The van der Waals surface area contributed by atoms with Crippen molar-refractivity contribution in [2.24, 2.45) is 10.2 Å². The van der Waals surface area contributed by atoms with Crippen LogP contribution in [0.3, 0.4) is 0 Å². The van der Waals surface area contributed by atoms with Crippen LogP contribution in [0.1, 0.15) is 11.4 Å². The van der Waals surface area contributed by atoms with Gasteiger partial charge in [0.1, 0.15) is 11.5 Å². The fraction of sp³-hybridized carbons (Fsp3) is 0.176. The predicted molar refractivity (Wildman–Crippen MR) is 88.1 cm³/mol. The molecule has 1 heterocycles. The van der Waals surface area contributed by atoms with Crippen molar-refractivity contribution in [2.45, 2.75) is 13.1 Å². The number of hydrogen-bond acceptors (Lipinski definition) is 6. The molecular weight excluding hydrogens is 349 g/mol. The molecule has 1 aromatic heterocycles. The molecule has 0 saturated carbocycles. The van der Waals surface area contributed by atoms with Crippen molar-refractivity contribution in [1.29, 1.82) is 0 Å². The van der Waals surface area contributed by atoms with Crippen LogP contribution in [-0.2, 0) is 6.18 Å². The summed E-state index contributed by atoms with van der Waals surface area (Å²) in [6, 6.07) is 10.1. The number of nitrogens with zero attached hydrogens (tertiary/aromatic N) is 4. The first-order valence-electron chi connectivity index (χ1n) is 7.43. The second-order valence-electron chi connectivity index (χ2n) is 5.33. The second-order valence-corrected chi connectivity index (χ2v) is 5.33. The summed E-state index contributed by atoms with van der Waals surface area (Å²) in [6.07, 6.45) is -4.78. The van der Waals surface area contributed by atoms with Crippen molar-refractivity contribution in [3.63, 3.8) is 0 Å². The summed E-state index contributed by atoms with van der Waals surface area (Å²) in [5.74, 6) is -1.46. The molecule has 0 aliphatic heterocycles. The van der Waals surface area contributed by atoms with Gasteiger partial charge in [0.05, 0.1) is 7.11 Å². The molecule has 0 bridgehead atoms. The first-order valence-corrected chi connectivity index (χ1v) is 7.43. The molecule has 0 radical (unpaired) electrons. The highest BCUT2D eigenvalue weighted by atomic mass is 19.4. The average Bonchev–Trinajstić information content (AvgIpc) is 2.59. The van der Waals surface area contributed by atoms with Gasteiger partial charge >= 0.3 is 6.18 Å². The number of aromatic hydroxyl groups is 1. The standard InChI is InChI=1S/C17H13F3N4O2/c1-9-21-15(13(17(18,19)20)16(22-9)26-2)24-23-12-8-7-10-5-3-4-6-11(10)14(12)25/h3-8,25H,1-2H3. The minimum absolute atomic E-state index is 0.0204. The largest absolute Gasteiger partial charge is 0.505 e. The van der Waals surface area contributed by atoms with Crippen LogP contribution in [0.5, 0.6) is 11.6 Å². The van der Waals surface area contributed by atoms with Gasteiger partial charge in [0.15, 0.2) is 17.1 Å². The van der Waals surface area contributed by atoms with E-state index in [9.17, 15) is 18.3 Å². The van der Waals surface area contributed by atoms with Crippen LogP contribution < -0.4 is 4.74 Å². The van der Waals surface area contributed by atoms with Crippen LogP contribution >= 0.6 is 0 Å². The van der Waals surface area contributed by atoms with E-state index in [2.05, 4.69) is 20.2 Å². The van der Waals surface area contributed by atoms with Gasteiger partial charge in [-0.2, -0.15) is 18.2 Å². The number of ether oxygens (including phenoxy) is 1. The molecule has 0 saturated heterocycles. The zero-order valence-corrected chi connectivity index (χ0v) is 13.7. The lowest BCUT2D eigenvalue weighted by atomic mass is 10.1. The molecule has 2 aromatic carbocycles. The molecule has 0 spiro atoms. The molecule has 26 heavy (non-hydrogen) atoms. The highest BCUT2D eigenvalue weighted by Crippen LogP contribution is 2.42. The van der Waals surface area contributed by atoms with E-state index in [4.69, 9.17) is 4.74 Å². The summed E-state index contributed by atoms with van der Waals surface area (Å²) in [4.78, 5) is 7.33. The highest BCUT2D eigenvalue weighted by Gasteiger charge is 2.40. The van der Waals surface area contributed by atoms with Gasteiger partial charge in [0.2, 0.25) is 5.88 Å². The molecule has 1 N–H and O–H groups in total. The molecule has 0 unspecified atom stereocenters. The summed E-state index contributed by atoms with van der Waals surface area (Å²) in [5.41, 5.74) is -1.21. The fourth-order valence-corrected chi connectivity index (χ4v) is 2.43. The van der Waals surface area contributed by atoms with Crippen LogP contribution in [0, 0.1) is 6.92 Å². The van der Waals surface area contributed by atoms with E-state index in [1.54, 1.807) is 30.3 Å². The van der Waals surface area contributed by atoms with E-state index in [0.29, 0.717) is 5.39 Å². The maximum Gasteiger partial charge on any atom is 0.425 e. The van der Waals surface area contributed by atoms with Gasteiger partial charge in [-0.05, 0) is 18.4 Å². The molecule has 134 valence electrons. The van der Waals surface area contributed by atoms with Gasteiger partial charge in [0, 0.05) is 5.39 Å². The van der Waals surface area contributed by atoms with Crippen molar-refractivity contribution in [2.75, 3.05) is 7.11 Å². The number of phenolic OH excluding ortho intramolecular Hbond substituents is 1. The summed E-state index contributed by atoms with van der Waals surface area (Å²) >= 11 is 0. The number of azo groups is 1. The zero-order valence-electron chi connectivity index (χ0n) is 13.7. The number of benzene rings is 2. The Morgan fingerprint density at radius 1 is 1.04 bits per heavy atom. The second kappa shape index (κ2) is 6.58. The Hall–Kier alpha value is -3.23. The first-order chi connectivity index (χ1) is 12.3. The van der Waals surface area contributed by atoms with Gasteiger partial charge in [0.25, 0.3) is 0 Å². The van der Waals surface area contributed by atoms with E-state index in [1.165, 1.54) is 13.0 Å². The molecule has 0 amide bonds. The molecule has 9 heteroatoms. The topological polar surface area (TPSA) is 80.0 Å². The average molecular weight is 362 g/mol. The Bertz CT molecular complexity index is 1000. The highest BCUT2D eigenvalue weighted by molar-refractivity contribution is 5.92. The van der Waals surface area contributed by atoms with Gasteiger partial charge in [-0.15, -0.1) is 10.2 Å². The predicted octanol–water partition coefficient (Wildman–Crippen LogP) is 5.09. The van der Waals surface area contributed by atoms with Crippen molar-refractivity contribution in [1.82, 2.24) is 9.97 Å². The van der Waals surface area contributed by atoms with Crippen LogP contribution in [0.15, 0.2) is 46.6 Å². The molecule has 0 fully saturated rings. The third-order valence-electron chi connectivity index (χ3n) is 3.58. The Morgan fingerprint density at radius 3 is 2.46 bits per heavy atom. The zero-order chi connectivity index (χ0) is 18.9. The molecular formula is C17H13F3N4O2. The van der Waals surface area contributed by atoms with Crippen LogP contribution in [0.25, 0.3) is 10.8 Å². The molecule has 3 rings (SSSR count). The van der Waals surface area contributed by atoms with Gasteiger partial charge in [-0.3, -0.25) is 0 Å². The quantitative estimate of drug-likeness (QED) is 0.659. The van der Waals surface area contributed by atoms with E-state index in [-0.39, 0.29) is 17.3 Å². The SMILES string of the molecule is COc1nc(C)nc(N=Nc2ccc3ccccc3c2O)c1C(F)(F)F. The smallest absolute Gasteiger partial charge is 0.425 e. The third-order valence-corrected chi connectivity index (χ3v) is 3.58. The monoisotopic (exact) mass is 362 g/mol. The summed E-state index contributed by atoms with van der Waals surface area (Å²) in [6.45, 7) is 1.41. The Labute approximate surface area is 146 Å². The van der Waals surface area contributed by atoms with E-state index >= 15 is 0 Å². The Kier molecular flexibility index (Phi) is 4.45. The minimum Gasteiger partial charge on any atom is -0.505 e.